The number of nitrogens with zero attached hydrogens (tertiary/aromatic N) is 3. The number of aliphatic imine (C=N–C) groups is 1. The van der Waals surface area contributed by atoms with E-state index in [0.717, 1.165) is 29.5 Å². The maximum Gasteiger partial charge on any atom is 0.409 e. The number of piperidine rings is 1. The van der Waals surface area contributed by atoms with Crippen LogP contribution in [0.3, 0.4) is 0 Å². The van der Waals surface area contributed by atoms with Crippen molar-refractivity contribution >= 4 is 47.4 Å². The van der Waals surface area contributed by atoms with Crippen LogP contribution in [-0.4, -0.2) is 54.7 Å². The minimum Gasteiger partial charge on any atom is -0.450 e. The average Bonchev–Trinajstić information content (AvgIpc) is 2.90. The van der Waals surface area contributed by atoms with Crippen LogP contribution in [0.5, 0.6) is 0 Å². The lowest BCUT2D eigenvalue weighted by molar-refractivity contribution is 0.0963. The Morgan fingerprint density at radius 2 is 2.08 bits per heavy atom. The van der Waals surface area contributed by atoms with Crippen molar-refractivity contribution in [2.45, 2.75) is 46.2 Å². The smallest absolute Gasteiger partial charge is 0.409 e. The van der Waals surface area contributed by atoms with Gasteiger partial charge in [0.1, 0.15) is 5.01 Å². The fourth-order valence-electron chi connectivity index (χ4n) is 2.58. The van der Waals surface area contributed by atoms with E-state index in [2.05, 4.69) is 27.5 Å². The number of aromatic nitrogens is 1. The zero-order chi connectivity index (χ0) is 17.5. The van der Waals surface area contributed by atoms with Crippen LogP contribution in [0.1, 0.15) is 35.3 Å². The molecular weight excluding hydrogens is 453 g/mol. The molecule has 0 bridgehead atoms. The van der Waals surface area contributed by atoms with Gasteiger partial charge in [0.25, 0.3) is 0 Å². The number of hydrogen-bond donors (Lipinski definition) is 2. The molecule has 1 aromatic rings. The van der Waals surface area contributed by atoms with Gasteiger partial charge in [-0.2, -0.15) is 0 Å². The second kappa shape index (κ2) is 10.8. The van der Waals surface area contributed by atoms with Gasteiger partial charge >= 0.3 is 6.09 Å². The molecule has 2 N–H and O–H groups in total. The largest absolute Gasteiger partial charge is 0.450 e. The summed E-state index contributed by atoms with van der Waals surface area (Å²) < 4.78 is 5.04. The summed E-state index contributed by atoms with van der Waals surface area (Å²) in [5, 5.41) is 7.80. The molecule has 0 radical (unpaired) electrons. The topological polar surface area (TPSA) is 78.8 Å². The SMILES string of the molecule is CCOC(=O)N1CCC(NC(=NC)NCc2nc(C)c(C)s2)CC1.I. The van der Waals surface area contributed by atoms with Gasteiger partial charge in [-0.25, -0.2) is 9.78 Å². The van der Waals surface area contributed by atoms with Crippen LogP contribution in [0.15, 0.2) is 4.99 Å². The number of carbonyl (C=O) groups excluding carboxylic acids is 1. The Hall–Kier alpha value is -1.10. The maximum absolute atomic E-state index is 11.7. The number of rotatable bonds is 4. The summed E-state index contributed by atoms with van der Waals surface area (Å²) >= 11 is 1.71. The van der Waals surface area contributed by atoms with E-state index < -0.39 is 0 Å². The normalized spacial score (nSPS) is 15.5. The molecule has 0 unspecified atom stereocenters. The lowest BCUT2D eigenvalue weighted by atomic mass is 10.1. The van der Waals surface area contributed by atoms with Crippen LogP contribution < -0.4 is 10.6 Å². The first kappa shape index (κ1) is 21.9. The van der Waals surface area contributed by atoms with Crippen molar-refractivity contribution in [3.05, 3.63) is 15.6 Å². The fraction of sp³-hybridized carbons (Fsp3) is 0.688. The van der Waals surface area contributed by atoms with Crippen LogP contribution in [0, 0.1) is 13.8 Å². The quantitative estimate of drug-likeness (QED) is 0.393. The molecule has 0 aliphatic carbocycles. The molecule has 25 heavy (non-hydrogen) atoms. The van der Waals surface area contributed by atoms with E-state index in [0.29, 0.717) is 32.3 Å². The molecule has 1 aliphatic heterocycles. The standard InChI is InChI=1S/C16H27N5O2S.HI/c1-5-23-16(22)21-8-6-13(7-9-21)20-15(17-4)18-10-14-19-11(2)12(3)24-14;/h13H,5-10H2,1-4H3,(H2,17,18,20);1H. The Morgan fingerprint density at radius 3 is 2.60 bits per heavy atom. The van der Waals surface area contributed by atoms with Crippen LogP contribution in [0.2, 0.25) is 0 Å². The molecule has 7 nitrogen and oxygen atoms in total. The molecule has 2 rings (SSSR count). The third-order valence-corrected chi connectivity index (χ3v) is 5.14. The summed E-state index contributed by atoms with van der Waals surface area (Å²) in [6.07, 6.45) is 1.55. The molecule has 1 fully saturated rings. The summed E-state index contributed by atoms with van der Waals surface area (Å²) in [5.74, 6) is 0.773. The molecule has 0 saturated carbocycles. The number of likely N-dealkylation sites (tertiary alicyclic amines) is 1. The van der Waals surface area contributed by atoms with Gasteiger partial charge in [0, 0.05) is 31.1 Å². The zero-order valence-electron chi connectivity index (χ0n) is 15.3. The predicted octanol–water partition coefficient (Wildman–Crippen LogP) is 2.66. The van der Waals surface area contributed by atoms with Crippen molar-refractivity contribution < 1.29 is 9.53 Å². The molecule has 0 atom stereocenters. The molecule has 1 aliphatic rings. The van der Waals surface area contributed by atoms with Gasteiger partial charge in [-0.1, -0.05) is 0 Å². The Morgan fingerprint density at radius 1 is 1.40 bits per heavy atom. The number of ether oxygens (including phenoxy) is 1. The molecule has 1 amide bonds. The highest BCUT2D eigenvalue weighted by Gasteiger charge is 2.24. The van der Waals surface area contributed by atoms with E-state index in [9.17, 15) is 4.79 Å². The Kier molecular flexibility index (Phi) is 9.47. The third-order valence-electron chi connectivity index (χ3n) is 4.07. The van der Waals surface area contributed by atoms with Gasteiger partial charge in [0.15, 0.2) is 5.96 Å². The number of thiazole rings is 1. The van der Waals surface area contributed by atoms with Gasteiger partial charge in [0.2, 0.25) is 0 Å². The minimum absolute atomic E-state index is 0. The predicted molar refractivity (Wildman–Crippen MR) is 112 cm³/mol. The number of halogens is 1. The lowest BCUT2D eigenvalue weighted by Gasteiger charge is -2.32. The number of nitrogens with one attached hydrogen (secondary N) is 2. The van der Waals surface area contributed by atoms with Crippen molar-refractivity contribution in [1.29, 1.82) is 0 Å². The van der Waals surface area contributed by atoms with Crippen LogP contribution in [0.25, 0.3) is 0 Å². The monoisotopic (exact) mass is 481 g/mol. The van der Waals surface area contributed by atoms with Gasteiger partial charge in [0.05, 0.1) is 18.8 Å². The van der Waals surface area contributed by atoms with E-state index in [1.165, 1.54) is 4.88 Å². The highest BCUT2D eigenvalue weighted by Crippen LogP contribution is 2.16. The van der Waals surface area contributed by atoms with Crippen LogP contribution in [0.4, 0.5) is 4.79 Å². The second-order valence-corrected chi connectivity index (χ2v) is 7.07. The van der Waals surface area contributed by atoms with Crippen molar-refractivity contribution in [2.75, 3.05) is 26.7 Å². The van der Waals surface area contributed by atoms with Gasteiger partial charge < -0.3 is 20.3 Å². The van der Waals surface area contributed by atoms with E-state index in [4.69, 9.17) is 4.74 Å². The number of amides is 1. The Bertz CT molecular complexity index is 566. The van der Waals surface area contributed by atoms with E-state index in [1.54, 1.807) is 23.3 Å². The summed E-state index contributed by atoms with van der Waals surface area (Å²) in [6.45, 7) is 8.44. The number of guanidine groups is 1. The molecule has 2 heterocycles. The number of carbonyl (C=O) groups is 1. The van der Waals surface area contributed by atoms with E-state index in [1.807, 2.05) is 13.8 Å². The molecule has 1 aromatic heterocycles. The Labute approximate surface area is 170 Å². The average molecular weight is 481 g/mol. The second-order valence-electron chi connectivity index (χ2n) is 5.78. The number of aryl methyl sites for hydroxylation is 2. The molecule has 0 spiro atoms. The minimum atomic E-state index is -0.215. The van der Waals surface area contributed by atoms with E-state index in [-0.39, 0.29) is 30.1 Å². The number of hydrogen-bond acceptors (Lipinski definition) is 5. The third kappa shape index (κ3) is 6.61. The first-order valence-electron chi connectivity index (χ1n) is 8.35. The van der Waals surface area contributed by atoms with Gasteiger partial charge in [-0.05, 0) is 33.6 Å². The highest BCUT2D eigenvalue weighted by atomic mass is 127. The summed E-state index contributed by atoms with van der Waals surface area (Å²) in [7, 11) is 1.77. The van der Waals surface area contributed by atoms with Crippen LogP contribution >= 0.6 is 35.3 Å². The van der Waals surface area contributed by atoms with Crippen molar-refractivity contribution in [1.82, 2.24) is 20.5 Å². The van der Waals surface area contributed by atoms with Gasteiger partial charge in [-0.3, -0.25) is 4.99 Å². The fourth-order valence-corrected chi connectivity index (χ4v) is 3.46. The molecule has 1 saturated heterocycles. The first-order valence-corrected chi connectivity index (χ1v) is 9.17. The zero-order valence-corrected chi connectivity index (χ0v) is 18.4. The van der Waals surface area contributed by atoms with Crippen molar-refractivity contribution in [3.8, 4) is 0 Å². The van der Waals surface area contributed by atoms with E-state index >= 15 is 0 Å². The van der Waals surface area contributed by atoms with Crippen molar-refractivity contribution in [2.24, 2.45) is 4.99 Å². The maximum atomic E-state index is 11.7. The summed E-state index contributed by atoms with van der Waals surface area (Å²) in [4.78, 5) is 23.5. The lowest BCUT2D eigenvalue weighted by Crippen LogP contribution is -2.49. The Balaban J connectivity index is 0.00000312. The summed E-state index contributed by atoms with van der Waals surface area (Å²) in [6, 6.07) is 0.307. The van der Waals surface area contributed by atoms with Crippen LogP contribution in [-0.2, 0) is 11.3 Å². The van der Waals surface area contributed by atoms with Crippen molar-refractivity contribution in [3.63, 3.8) is 0 Å². The van der Waals surface area contributed by atoms with Gasteiger partial charge in [-0.15, -0.1) is 35.3 Å². The molecular formula is C16H28IN5O2S. The molecule has 0 aromatic carbocycles. The summed E-state index contributed by atoms with van der Waals surface area (Å²) in [5.41, 5.74) is 1.09. The molecule has 142 valence electrons. The highest BCUT2D eigenvalue weighted by molar-refractivity contribution is 14.0. The first-order chi connectivity index (χ1) is 11.5. The molecule has 9 heteroatoms.